The summed E-state index contributed by atoms with van der Waals surface area (Å²) < 4.78 is 2.16. The molecule has 0 bridgehead atoms. The Balaban J connectivity index is 1.65. The van der Waals surface area contributed by atoms with Crippen molar-refractivity contribution in [3.05, 3.63) is 60.0 Å². The summed E-state index contributed by atoms with van der Waals surface area (Å²) in [6, 6.07) is 14.2. The van der Waals surface area contributed by atoms with Crippen LogP contribution in [0.1, 0.15) is 24.2 Å². The molecule has 0 saturated carbocycles. The van der Waals surface area contributed by atoms with Crippen LogP contribution in [0.3, 0.4) is 0 Å². The summed E-state index contributed by atoms with van der Waals surface area (Å²) in [6.07, 6.45) is 3.83. The molecule has 0 atom stereocenters. The monoisotopic (exact) mass is 365 g/mol. The van der Waals surface area contributed by atoms with Gasteiger partial charge in [0.25, 0.3) is 0 Å². The van der Waals surface area contributed by atoms with E-state index in [9.17, 15) is 4.79 Å². The zero-order valence-electron chi connectivity index (χ0n) is 16.1. The van der Waals surface area contributed by atoms with Gasteiger partial charge in [-0.1, -0.05) is 30.3 Å². The minimum atomic E-state index is 0.0979. The highest BCUT2D eigenvalue weighted by Gasteiger charge is 2.12. The quantitative estimate of drug-likeness (QED) is 0.633. The van der Waals surface area contributed by atoms with E-state index in [0.717, 1.165) is 42.9 Å². The largest absolute Gasteiger partial charge is 0.355 e. The van der Waals surface area contributed by atoms with Crippen molar-refractivity contribution in [3.63, 3.8) is 0 Å². The molecule has 2 heterocycles. The minimum absolute atomic E-state index is 0.0979. The van der Waals surface area contributed by atoms with Gasteiger partial charge in [0.15, 0.2) is 5.65 Å². The summed E-state index contributed by atoms with van der Waals surface area (Å²) >= 11 is 0. The smallest absolute Gasteiger partial charge is 0.220 e. The Labute approximate surface area is 160 Å². The highest BCUT2D eigenvalue weighted by Crippen LogP contribution is 2.17. The molecule has 1 amide bonds. The van der Waals surface area contributed by atoms with Crippen molar-refractivity contribution >= 4 is 17.1 Å². The number of hydrogen-bond donors (Lipinski definition) is 1. The molecular formula is C21H27N5O. The maximum absolute atomic E-state index is 12.0. The number of hydrogen-bond acceptors (Lipinski definition) is 4. The van der Waals surface area contributed by atoms with Crippen LogP contribution in [0, 0.1) is 0 Å². The fourth-order valence-corrected chi connectivity index (χ4v) is 3.04. The fraction of sp³-hybridized carbons (Fsp3) is 0.381. The van der Waals surface area contributed by atoms with Gasteiger partial charge in [0.1, 0.15) is 11.3 Å². The lowest BCUT2D eigenvalue weighted by atomic mass is 10.2. The van der Waals surface area contributed by atoms with Crippen LogP contribution in [0.15, 0.2) is 48.7 Å². The Hall–Kier alpha value is -2.73. The summed E-state index contributed by atoms with van der Waals surface area (Å²) in [4.78, 5) is 23.3. The van der Waals surface area contributed by atoms with Crippen LogP contribution in [-0.2, 0) is 17.8 Å². The number of imidazole rings is 1. The average molecular weight is 365 g/mol. The summed E-state index contributed by atoms with van der Waals surface area (Å²) in [6.45, 7) is 2.27. The summed E-state index contributed by atoms with van der Waals surface area (Å²) in [5.74, 6) is 1.08. The van der Waals surface area contributed by atoms with E-state index in [-0.39, 0.29) is 5.91 Å². The van der Waals surface area contributed by atoms with E-state index in [0.29, 0.717) is 13.0 Å². The van der Waals surface area contributed by atoms with Crippen molar-refractivity contribution < 1.29 is 4.79 Å². The van der Waals surface area contributed by atoms with Gasteiger partial charge in [0, 0.05) is 32.1 Å². The number of pyridine rings is 1. The van der Waals surface area contributed by atoms with Crippen molar-refractivity contribution in [1.82, 2.24) is 24.8 Å². The molecule has 6 heteroatoms. The third-order valence-corrected chi connectivity index (χ3v) is 4.45. The lowest BCUT2D eigenvalue weighted by molar-refractivity contribution is -0.121. The van der Waals surface area contributed by atoms with Crippen LogP contribution in [0.2, 0.25) is 0 Å². The molecule has 0 saturated heterocycles. The van der Waals surface area contributed by atoms with Gasteiger partial charge in [-0.2, -0.15) is 0 Å². The number of aromatic nitrogens is 3. The SMILES string of the molecule is CN(C)CCNC(=O)CCCc1nc2cccnc2n1Cc1ccccc1. The van der Waals surface area contributed by atoms with Gasteiger partial charge < -0.3 is 14.8 Å². The number of amides is 1. The molecule has 3 rings (SSSR count). The number of rotatable bonds is 9. The predicted octanol–water partition coefficient (Wildman–Crippen LogP) is 2.48. The number of carbonyl (C=O) groups is 1. The van der Waals surface area contributed by atoms with Crippen molar-refractivity contribution in [1.29, 1.82) is 0 Å². The van der Waals surface area contributed by atoms with Crippen molar-refractivity contribution in [3.8, 4) is 0 Å². The maximum Gasteiger partial charge on any atom is 0.220 e. The van der Waals surface area contributed by atoms with Gasteiger partial charge in [-0.25, -0.2) is 9.97 Å². The molecule has 0 aliphatic heterocycles. The fourth-order valence-electron chi connectivity index (χ4n) is 3.04. The number of nitrogens with zero attached hydrogens (tertiary/aromatic N) is 4. The second-order valence-electron chi connectivity index (χ2n) is 6.95. The summed E-state index contributed by atoms with van der Waals surface area (Å²) in [5.41, 5.74) is 3.01. The lowest BCUT2D eigenvalue weighted by Gasteiger charge is -2.11. The summed E-state index contributed by atoms with van der Waals surface area (Å²) in [7, 11) is 3.99. The molecule has 3 aromatic rings. The molecule has 6 nitrogen and oxygen atoms in total. The number of fused-ring (bicyclic) bond motifs is 1. The maximum atomic E-state index is 12.0. The van der Waals surface area contributed by atoms with Crippen molar-refractivity contribution in [2.24, 2.45) is 0 Å². The predicted molar refractivity (Wildman–Crippen MR) is 108 cm³/mol. The molecule has 0 unspecified atom stereocenters. The Bertz CT molecular complexity index is 873. The Morgan fingerprint density at radius 2 is 1.96 bits per heavy atom. The van der Waals surface area contributed by atoms with Gasteiger partial charge in [0.2, 0.25) is 5.91 Å². The first kappa shape index (κ1) is 19.0. The number of nitrogens with one attached hydrogen (secondary N) is 1. The second kappa shape index (κ2) is 9.28. The first-order valence-electron chi connectivity index (χ1n) is 9.39. The number of carbonyl (C=O) groups excluding carboxylic acids is 1. The Morgan fingerprint density at radius 1 is 1.15 bits per heavy atom. The Kier molecular flexibility index (Phi) is 6.54. The van der Waals surface area contributed by atoms with Gasteiger partial charge in [-0.15, -0.1) is 0 Å². The van der Waals surface area contributed by atoms with E-state index in [1.165, 1.54) is 5.56 Å². The van der Waals surface area contributed by atoms with Crippen LogP contribution < -0.4 is 5.32 Å². The first-order chi connectivity index (χ1) is 13.1. The first-order valence-corrected chi connectivity index (χ1v) is 9.39. The van der Waals surface area contributed by atoms with Crippen molar-refractivity contribution in [2.75, 3.05) is 27.2 Å². The molecule has 0 spiro atoms. The van der Waals surface area contributed by atoms with Crippen LogP contribution in [0.5, 0.6) is 0 Å². The second-order valence-corrected chi connectivity index (χ2v) is 6.95. The third-order valence-electron chi connectivity index (χ3n) is 4.45. The third kappa shape index (κ3) is 5.37. The summed E-state index contributed by atoms with van der Waals surface area (Å²) in [5, 5.41) is 2.96. The van der Waals surface area contributed by atoms with Gasteiger partial charge in [-0.3, -0.25) is 4.79 Å². The molecule has 0 aliphatic carbocycles. The van der Waals surface area contributed by atoms with E-state index >= 15 is 0 Å². The molecule has 1 N–H and O–H groups in total. The lowest BCUT2D eigenvalue weighted by Crippen LogP contribution is -2.31. The molecule has 1 aromatic carbocycles. The van der Waals surface area contributed by atoms with E-state index in [4.69, 9.17) is 4.98 Å². The van der Waals surface area contributed by atoms with Crippen LogP contribution >= 0.6 is 0 Å². The van der Waals surface area contributed by atoms with E-state index in [2.05, 4.69) is 31.9 Å². The molecule has 142 valence electrons. The van der Waals surface area contributed by atoms with E-state index in [1.54, 1.807) is 6.20 Å². The highest BCUT2D eigenvalue weighted by atomic mass is 16.1. The molecular weight excluding hydrogens is 338 g/mol. The van der Waals surface area contributed by atoms with Gasteiger partial charge in [0.05, 0.1) is 6.54 Å². The van der Waals surface area contributed by atoms with Gasteiger partial charge in [-0.05, 0) is 38.2 Å². The highest BCUT2D eigenvalue weighted by molar-refractivity contribution is 5.76. The zero-order chi connectivity index (χ0) is 19.1. The number of benzene rings is 1. The van der Waals surface area contributed by atoms with E-state index < -0.39 is 0 Å². The molecule has 2 aromatic heterocycles. The number of aryl methyl sites for hydroxylation is 1. The van der Waals surface area contributed by atoms with Crippen LogP contribution in [0.25, 0.3) is 11.2 Å². The van der Waals surface area contributed by atoms with Crippen LogP contribution in [0.4, 0.5) is 0 Å². The standard InChI is InChI=1S/C21H27N5O/c1-25(2)15-14-22-20(27)12-6-11-19-24-18-10-7-13-23-21(18)26(19)16-17-8-4-3-5-9-17/h3-5,7-10,13H,6,11-12,14-16H2,1-2H3,(H,22,27). The normalized spacial score (nSPS) is 11.2. The van der Waals surface area contributed by atoms with Crippen LogP contribution in [-0.4, -0.2) is 52.5 Å². The van der Waals surface area contributed by atoms with Crippen molar-refractivity contribution in [2.45, 2.75) is 25.8 Å². The topological polar surface area (TPSA) is 63.1 Å². The Morgan fingerprint density at radius 3 is 2.74 bits per heavy atom. The minimum Gasteiger partial charge on any atom is -0.355 e. The molecule has 0 fully saturated rings. The zero-order valence-corrected chi connectivity index (χ0v) is 16.1. The van der Waals surface area contributed by atoms with Gasteiger partial charge >= 0.3 is 0 Å². The van der Waals surface area contributed by atoms with E-state index in [1.807, 2.05) is 44.4 Å². The number of likely N-dealkylation sites (N-methyl/N-ethyl adjacent to an activating group) is 1. The average Bonchev–Trinajstić information content (AvgIpc) is 3.00. The molecule has 0 aliphatic rings. The molecule has 0 radical (unpaired) electrons. The molecule has 27 heavy (non-hydrogen) atoms.